The van der Waals surface area contributed by atoms with Gasteiger partial charge in [-0.15, -0.1) is 22.7 Å². The lowest BCUT2D eigenvalue weighted by Crippen LogP contribution is -2.22. The largest absolute Gasteiger partial charge is 0.346 e. The number of hydrogen-bond acceptors (Lipinski definition) is 5. The Morgan fingerprint density at radius 3 is 2.59 bits per heavy atom. The van der Waals surface area contributed by atoms with Crippen LogP contribution in [0.2, 0.25) is 0 Å². The predicted molar refractivity (Wildman–Crippen MR) is 90.3 cm³/mol. The molecule has 0 spiro atoms. The topological polar surface area (TPSA) is 54.9 Å². The zero-order valence-electron chi connectivity index (χ0n) is 12.3. The van der Waals surface area contributed by atoms with Gasteiger partial charge >= 0.3 is 0 Å². The molecule has 4 nitrogen and oxygen atoms in total. The molecular weight excluding hydrogens is 314 g/mol. The van der Waals surface area contributed by atoms with Crippen molar-refractivity contribution in [3.8, 4) is 11.3 Å². The second-order valence-corrected chi connectivity index (χ2v) is 7.08. The number of thiazole rings is 2. The average Bonchev–Trinajstić information content (AvgIpc) is 3.11. The SMILES string of the molecule is Cc1nc(CNC(=O)c2sc(C)nc2-c2ccccc2)cs1. The van der Waals surface area contributed by atoms with Crippen LogP contribution in [-0.2, 0) is 6.54 Å². The van der Waals surface area contributed by atoms with Crippen LogP contribution in [-0.4, -0.2) is 15.9 Å². The van der Waals surface area contributed by atoms with Crippen molar-refractivity contribution in [1.82, 2.24) is 15.3 Å². The van der Waals surface area contributed by atoms with E-state index in [-0.39, 0.29) is 5.91 Å². The summed E-state index contributed by atoms with van der Waals surface area (Å²) in [6.07, 6.45) is 0. The molecule has 0 fully saturated rings. The Kier molecular flexibility index (Phi) is 4.31. The average molecular weight is 329 g/mol. The third-order valence-corrected chi connectivity index (χ3v) is 4.88. The number of carbonyl (C=O) groups is 1. The van der Waals surface area contributed by atoms with Gasteiger partial charge in [0.05, 0.1) is 27.9 Å². The first-order chi connectivity index (χ1) is 10.6. The lowest BCUT2D eigenvalue weighted by molar-refractivity contribution is 0.0955. The number of nitrogens with one attached hydrogen (secondary N) is 1. The number of aryl methyl sites for hydroxylation is 2. The quantitative estimate of drug-likeness (QED) is 0.792. The highest BCUT2D eigenvalue weighted by atomic mass is 32.1. The van der Waals surface area contributed by atoms with Crippen LogP contribution in [0.3, 0.4) is 0 Å². The number of nitrogens with zero attached hydrogens (tertiary/aromatic N) is 2. The summed E-state index contributed by atoms with van der Waals surface area (Å²) in [5.41, 5.74) is 2.59. The maximum absolute atomic E-state index is 12.5. The van der Waals surface area contributed by atoms with Crippen molar-refractivity contribution < 1.29 is 4.79 Å². The molecule has 0 bridgehead atoms. The van der Waals surface area contributed by atoms with Crippen molar-refractivity contribution >= 4 is 28.6 Å². The molecule has 0 saturated carbocycles. The summed E-state index contributed by atoms with van der Waals surface area (Å²) in [4.78, 5) is 22.0. The summed E-state index contributed by atoms with van der Waals surface area (Å²) < 4.78 is 0. The van der Waals surface area contributed by atoms with E-state index in [2.05, 4.69) is 15.3 Å². The van der Waals surface area contributed by atoms with Crippen LogP contribution < -0.4 is 5.32 Å². The monoisotopic (exact) mass is 329 g/mol. The van der Waals surface area contributed by atoms with Gasteiger partial charge in [0.2, 0.25) is 0 Å². The lowest BCUT2D eigenvalue weighted by atomic mass is 10.1. The second-order valence-electron chi connectivity index (χ2n) is 4.82. The van der Waals surface area contributed by atoms with Crippen molar-refractivity contribution in [2.24, 2.45) is 0 Å². The Labute approximate surface area is 136 Å². The highest BCUT2D eigenvalue weighted by Crippen LogP contribution is 2.27. The Morgan fingerprint density at radius 1 is 1.14 bits per heavy atom. The molecule has 0 atom stereocenters. The van der Waals surface area contributed by atoms with E-state index in [0.29, 0.717) is 11.4 Å². The number of carbonyl (C=O) groups excluding carboxylic acids is 1. The smallest absolute Gasteiger partial charge is 0.263 e. The molecule has 6 heteroatoms. The molecule has 0 aliphatic carbocycles. The van der Waals surface area contributed by atoms with Gasteiger partial charge in [0.15, 0.2) is 0 Å². The van der Waals surface area contributed by atoms with Crippen molar-refractivity contribution in [1.29, 1.82) is 0 Å². The van der Waals surface area contributed by atoms with E-state index in [0.717, 1.165) is 27.0 Å². The molecule has 2 aromatic heterocycles. The number of aromatic nitrogens is 2. The summed E-state index contributed by atoms with van der Waals surface area (Å²) in [7, 11) is 0. The molecule has 1 amide bonds. The maximum atomic E-state index is 12.5. The van der Waals surface area contributed by atoms with Gasteiger partial charge in [-0.05, 0) is 13.8 Å². The van der Waals surface area contributed by atoms with E-state index in [4.69, 9.17) is 0 Å². The van der Waals surface area contributed by atoms with Crippen LogP contribution in [0, 0.1) is 13.8 Å². The Hall–Kier alpha value is -2.05. The highest BCUT2D eigenvalue weighted by molar-refractivity contribution is 7.14. The van der Waals surface area contributed by atoms with Crippen LogP contribution >= 0.6 is 22.7 Å². The summed E-state index contributed by atoms with van der Waals surface area (Å²) in [6.45, 7) is 4.31. The van der Waals surface area contributed by atoms with E-state index >= 15 is 0 Å². The van der Waals surface area contributed by atoms with Crippen molar-refractivity contribution in [3.05, 3.63) is 56.3 Å². The van der Waals surface area contributed by atoms with Gasteiger partial charge in [0.1, 0.15) is 4.88 Å². The van der Waals surface area contributed by atoms with Gasteiger partial charge in [-0.25, -0.2) is 9.97 Å². The van der Waals surface area contributed by atoms with E-state index in [1.165, 1.54) is 11.3 Å². The van der Waals surface area contributed by atoms with Crippen LogP contribution in [0.4, 0.5) is 0 Å². The molecule has 1 aromatic carbocycles. The van der Waals surface area contributed by atoms with Gasteiger partial charge in [0.25, 0.3) is 5.91 Å². The number of rotatable bonds is 4. The number of amides is 1. The van der Waals surface area contributed by atoms with Crippen molar-refractivity contribution in [3.63, 3.8) is 0 Å². The van der Waals surface area contributed by atoms with E-state index in [9.17, 15) is 4.79 Å². The Morgan fingerprint density at radius 2 is 1.91 bits per heavy atom. The zero-order valence-corrected chi connectivity index (χ0v) is 13.9. The normalized spacial score (nSPS) is 10.6. The van der Waals surface area contributed by atoms with Crippen LogP contribution in [0.5, 0.6) is 0 Å². The van der Waals surface area contributed by atoms with Crippen LogP contribution in [0.15, 0.2) is 35.7 Å². The third-order valence-electron chi connectivity index (χ3n) is 3.08. The minimum Gasteiger partial charge on any atom is -0.346 e. The first-order valence-corrected chi connectivity index (χ1v) is 8.55. The molecule has 112 valence electrons. The lowest BCUT2D eigenvalue weighted by Gasteiger charge is -2.04. The van der Waals surface area contributed by atoms with Crippen molar-refractivity contribution in [2.75, 3.05) is 0 Å². The van der Waals surface area contributed by atoms with Crippen molar-refractivity contribution in [2.45, 2.75) is 20.4 Å². The predicted octanol–water partition coefficient (Wildman–Crippen LogP) is 3.81. The molecule has 0 aliphatic rings. The number of hydrogen-bond donors (Lipinski definition) is 1. The molecule has 3 rings (SSSR count). The van der Waals surface area contributed by atoms with E-state index < -0.39 is 0 Å². The first kappa shape index (κ1) is 14.9. The first-order valence-electron chi connectivity index (χ1n) is 6.85. The van der Waals surface area contributed by atoms with E-state index in [1.54, 1.807) is 11.3 Å². The van der Waals surface area contributed by atoms with Gasteiger partial charge < -0.3 is 5.32 Å². The fraction of sp³-hybridized carbons (Fsp3) is 0.188. The fourth-order valence-electron chi connectivity index (χ4n) is 2.11. The molecule has 0 saturated heterocycles. The Bertz CT molecular complexity index is 793. The summed E-state index contributed by atoms with van der Waals surface area (Å²) in [6, 6.07) is 9.78. The minimum atomic E-state index is -0.102. The van der Waals surface area contributed by atoms with E-state index in [1.807, 2.05) is 49.6 Å². The standard InChI is InChI=1S/C16H15N3OS2/c1-10-18-13(9-21-10)8-17-16(20)15-14(19-11(2)22-15)12-6-4-3-5-7-12/h3-7,9H,8H2,1-2H3,(H,17,20). The second kappa shape index (κ2) is 6.37. The van der Waals surface area contributed by atoms with Gasteiger partial charge in [-0.2, -0.15) is 0 Å². The molecular formula is C16H15N3OS2. The molecule has 22 heavy (non-hydrogen) atoms. The fourth-order valence-corrected chi connectivity index (χ4v) is 3.58. The minimum absolute atomic E-state index is 0.102. The van der Waals surface area contributed by atoms with Gasteiger partial charge in [0, 0.05) is 10.9 Å². The van der Waals surface area contributed by atoms with Gasteiger partial charge in [-0.1, -0.05) is 30.3 Å². The van der Waals surface area contributed by atoms with Gasteiger partial charge in [-0.3, -0.25) is 4.79 Å². The number of benzene rings is 1. The summed E-state index contributed by atoms with van der Waals surface area (Å²) in [5, 5.41) is 6.78. The molecule has 2 heterocycles. The molecule has 0 aliphatic heterocycles. The zero-order chi connectivity index (χ0) is 15.5. The van der Waals surface area contributed by atoms with Crippen LogP contribution in [0.25, 0.3) is 11.3 Å². The molecule has 0 radical (unpaired) electrons. The highest BCUT2D eigenvalue weighted by Gasteiger charge is 2.18. The Balaban J connectivity index is 1.81. The molecule has 3 aromatic rings. The summed E-state index contributed by atoms with van der Waals surface area (Å²) in [5.74, 6) is -0.102. The molecule has 1 N–H and O–H groups in total. The third kappa shape index (κ3) is 3.23. The maximum Gasteiger partial charge on any atom is 0.263 e. The molecule has 0 unspecified atom stereocenters. The van der Waals surface area contributed by atoms with Crippen LogP contribution in [0.1, 0.15) is 25.4 Å². The summed E-state index contributed by atoms with van der Waals surface area (Å²) >= 11 is 3.00.